The third kappa shape index (κ3) is 3.56. The van der Waals surface area contributed by atoms with E-state index in [-0.39, 0.29) is 18.0 Å². The van der Waals surface area contributed by atoms with Crippen molar-refractivity contribution in [2.45, 2.75) is 44.2 Å². The highest BCUT2D eigenvalue weighted by atomic mass is 35.5. The van der Waals surface area contributed by atoms with E-state index in [2.05, 4.69) is 22.2 Å². The third-order valence-electron chi connectivity index (χ3n) is 5.12. The number of benzene rings is 2. The highest BCUT2D eigenvalue weighted by Gasteiger charge is 2.30. The van der Waals surface area contributed by atoms with Gasteiger partial charge in [-0.1, -0.05) is 35.9 Å². The zero-order valence-electron chi connectivity index (χ0n) is 14.0. The Bertz CT molecular complexity index is 792. The van der Waals surface area contributed by atoms with Gasteiger partial charge in [-0.3, -0.25) is 4.79 Å². The predicted octanol–water partition coefficient (Wildman–Crippen LogP) is 3.77. The monoisotopic (exact) mass is 355 g/mol. The lowest BCUT2D eigenvalue weighted by molar-refractivity contribution is -0.117. The molecule has 1 amide bonds. The highest BCUT2D eigenvalue weighted by Crippen LogP contribution is 2.29. The largest absolute Gasteiger partial charge is 0.324 e. The number of rotatable bonds is 3. The molecule has 0 radical (unpaired) electrons. The fourth-order valence-electron chi connectivity index (χ4n) is 3.79. The second kappa shape index (κ2) is 7.16. The number of hydrogen-bond acceptors (Lipinski definition) is 3. The summed E-state index contributed by atoms with van der Waals surface area (Å²) in [6.07, 6.45) is 5.29. The number of hydrazine groups is 1. The van der Waals surface area contributed by atoms with Gasteiger partial charge >= 0.3 is 0 Å². The van der Waals surface area contributed by atoms with E-state index in [4.69, 9.17) is 11.6 Å². The number of halogens is 1. The standard InChI is InChI=1S/C20H22ClN3O/c21-15-8-3-7-14(11-15)18-12-19(24-23-18)20(25)22-17-10-4-6-13-5-1-2-9-16(13)17/h3-4,6-8,10-11,18-19,23-24H,1-2,5,9,12H2,(H,22,25). The van der Waals surface area contributed by atoms with E-state index >= 15 is 0 Å². The molecule has 2 unspecified atom stereocenters. The Morgan fingerprint density at radius 2 is 1.92 bits per heavy atom. The number of nitrogens with one attached hydrogen (secondary N) is 3. The van der Waals surface area contributed by atoms with Crippen molar-refractivity contribution in [3.63, 3.8) is 0 Å². The van der Waals surface area contributed by atoms with E-state index in [0.717, 1.165) is 24.1 Å². The highest BCUT2D eigenvalue weighted by molar-refractivity contribution is 6.30. The molecular formula is C20H22ClN3O. The molecule has 1 saturated heterocycles. The molecule has 0 aromatic heterocycles. The van der Waals surface area contributed by atoms with Crippen LogP contribution in [0.25, 0.3) is 0 Å². The number of carbonyl (C=O) groups excluding carboxylic acids is 1. The summed E-state index contributed by atoms with van der Waals surface area (Å²) in [5.74, 6) is 0.0102. The van der Waals surface area contributed by atoms with Crippen LogP contribution in [-0.2, 0) is 17.6 Å². The molecule has 4 rings (SSSR count). The van der Waals surface area contributed by atoms with Crippen LogP contribution in [-0.4, -0.2) is 11.9 Å². The SMILES string of the molecule is O=C(Nc1cccc2c1CCCC2)C1CC(c2cccc(Cl)c2)NN1. The molecule has 0 saturated carbocycles. The normalized spacial score (nSPS) is 22.4. The van der Waals surface area contributed by atoms with Gasteiger partial charge in [-0.15, -0.1) is 0 Å². The summed E-state index contributed by atoms with van der Waals surface area (Å²) < 4.78 is 0. The molecule has 5 heteroatoms. The second-order valence-corrected chi connectivity index (χ2v) is 7.26. The van der Waals surface area contributed by atoms with Crippen LogP contribution in [0.3, 0.4) is 0 Å². The number of anilines is 1. The first-order valence-electron chi connectivity index (χ1n) is 8.89. The molecule has 1 aliphatic carbocycles. The molecule has 1 heterocycles. The summed E-state index contributed by atoms with van der Waals surface area (Å²) in [4.78, 5) is 12.7. The van der Waals surface area contributed by atoms with Gasteiger partial charge in [-0.25, -0.2) is 10.9 Å². The van der Waals surface area contributed by atoms with Gasteiger partial charge in [0.1, 0.15) is 6.04 Å². The molecule has 25 heavy (non-hydrogen) atoms. The van der Waals surface area contributed by atoms with Crippen LogP contribution in [0.4, 0.5) is 5.69 Å². The van der Waals surface area contributed by atoms with Crippen LogP contribution >= 0.6 is 11.6 Å². The lowest BCUT2D eigenvalue weighted by Crippen LogP contribution is -2.39. The molecule has 1 aliphatic heterocycles. The topological polar surface area (TPSA) is 53.2 Å². The summed E-state index contributed by atoms with van der Waals surface area (Å²) in [5, 5.41) is 3.84. The molecule has 4 nitrogen and oxygen atoms in total. The fraction of sp³-hybridized carbons (Fsp3) is 0.350. The van der Waals surface area contributed by atoms with E-state index in [1.165, 1.54) is 24.0 Å². The van der Waals surface area contributed by atoms with Crippen LogP contribution in [0.1, 0.15) is 42.0 Å². The van der Waals surface area contributed by atoms with Gasteiger partial charge < -0.3 is 5.32 Å². The molecule has 0 bridgehead atoms. The Hall–Kier alpha value is -1.88. The van der Waals surface area contributed by atoms with Crippen molar-refractivity contribution in [2.24, 2.45) is 0 Å². The molecule has 1 fully saturated rings. The molecule has 2 aromatic carbocycles. The van der Waals surface area contributed by atoms with E-state index in [1.807, 2.05) is 36.4 Å². The van der Waals surface area contributed by atoms with Crippen molar-refractivity contribution in [1.29, 1.82) is 0 Å². The summed E-state index contributed by atoms with van der Waals surface area (Å²) in [6, 6.07) is 13.8. The third-order valence-corrected chi connectivity index (χ3v) is 5.36. The molecular weight excluding hydrogens is 334 g/mol. The summed E-state index contributed by atoms with van der Waals surface area (Å²) in [7, 11) is 0. The van der Waals surface area contributed by atoms with Crippen LogP contribution in [0.5, 0.6) is 0 Å². The lowest BCUT2D eigenvalue weighted by Gasteiger charge is -2.20. The second-order valence-electron chi connectivity index (χ2n) is 6.82. The average Bonchev–Trinajstić information content (AvgIpc) is 3.12. The molecule has 2 aromatic rings. The Labute approximate surface area is 152 Å². The smallest absolute Gasteiger partial charge is 0.242 e. The molecule has 3 N–H and O–H groups in total. The summed E-state index contributed by atoms with van der Waals surface area (Å²) in [6.45, 7) is 0. The first-order chi connectivity index (χ1) is 12.2. The fourth-order valence-corrected chi connectivity index (χ4v) is 3.99. The van der Waals surface area contributed by atoms with Crippen molar-refractivity contribution < 1.29 is 4.79 Å². The number of hydrogen-bond donors (Lipinski definition) is 3. The Kier molecular flexibility index (Phi) is 4.75. The summed E-state index contributed by atoms with van der Waals surface area (Å²) >= 11 is 6.07. The van der Waals surface area contributed by atoms with Crippen LogP contribution in [0, 0.1) is 0 Å². The lowest BCUT2D eigenvalue weighted by atomic mass is 9.90. The van der Waals surface area contributed by atoms with Crippen molar-refractivity contribution >= 4 is 23.2 Å². The minimum atomic E-state index is -0.261. The van der Waals surface area contributed by atoms with Crippen LogP contribution < -0.4 is 16.2 Å². The van der Waals surface area contributed by atoms with Gasteiger partial charge in [-0.05, 0) is 67.0 Å². The maximum absolute atomic E-state index is 12.7. The molecule has 0 spiro atoms. The minimum Gasteiger partial charge on any atom is -0.324 e. The van der Waals surface area contributed by atoms with Gasteiger partial charge in [-0.2, -0.15) is 0 Å². The number of amides is 1. The van der Waals surface area contributed by atoms with E-state index in [9.17, 15) is 4.79 Å². The van der Waals surface area contributed by atoms with Gasteiger partial charge in [0.05, 0.1) is 0 Å². The van der Waals surface area contributed by atoms with Gasteiger partial charge in [0.2, 0.25) is 5.91 Å². The number of aryl methyl sites for hydroxylation is 1. The molecule has 130 valence electrons. The predicted molar refractivity (Wildman–Crippen MR) is 101 cm³/mol. The van der Waals surface area contributed by atoms with Crippen molar-refractivity contribution in [3.05, 3.63) is 64.2 Å². The average molecular weight is 356 g/mol. The van der Waals surface area contributed by atoms with Gasteiger partial charge in [0, 0.05) is 16.8 Å². The zero-order valence-corrected chi connectivity index (χ0v) is 14.8. The first kappa shape index (κ1) is 16.6. The zero-order chi connectivity index (χ0) is 17.2. The molecule has 2 atom stereocenters. The van der Waals surface area contributed by atoms with Crippen LogP contribution in [0.15, 0.2) is 42.5 Å². The van der Waals surface area contributed by atoms with E-state index in [1.54, 1.807) is 0 Å². The summed E-state index contributed by atoms with van der Waals surface area (Å²) in [5.41, 5.74) is 11.1. The van der Waals surface area contributed by atoms with Crippen molar-refractivity contribution in [1.82, 2.24) is 10.9 Å². The maximum Gasteiger partial charge on any atom is 0.242 e. The van der Waals surface area contributed by atoms with Crippen LogP contribution in [0.2, 0.25) is 5.02 Å². The number of fused-ring (bicyclic) bond motifs is 1. The Morgan fingerprint density at radius 1 is 1.08 bits per heavy atom. The van der Waals surface area contributed by atoms with Crippen molar-refractivity contribution in [3.8, 4) is 0 Å². The van der Waals surface area contributed by atoms with Gasteiger partial charge in [0.25, 0.3) is 0 Å². The van der Waals surface area contributed by atoms with Crippen molar-refractivity contribution in [2.75, 3.05) is 5.32 Å². The first-order valence-corrected chi connectivity index (χ1v) is 9.26. The Balaban J connectivity index is 1.44. The van der Waals surface area contributed by atoms with E-state index < -0.39 is 0 Å². The van der Waals surface area contributed by atoms with Gasteiger partial charge in [0.15, 0.2) is 0 Å². The quantitative estimate of drug-likeness (QED) is 0.785. The molecule has 2 aliphatic rings. The number of carbonyl (C=O) groups is 1. The van der Waals surface area contributed by atoms with E-state index in [0.29, 0.717) is 11.4 Å². The Morgan fingerprint density at radius 3 is 2.80 bits per heavy atom. The minimum absolute atomic E-state index is 0.0102. The maximum atomic E-state index is 12.7.